The number of fused-ring (bicyclic) bond motifs is 3. The number of hydrogen-bond donors (Lipinski definition) is 0. The summed E-state index contributed by atoms with van der Waals surface area (Å²) in [6.07, 6.45) is 1.42. The van der Waals surface area contributed by atoms with Crippen molar-refractivity contribution in [3.8, 4) is 0 Å². The summed E-state index contributed by atoms with van der Waals surface area (Å²) in [4.78, 5) is 57.6. The van der Waals surface area contributed by atoms with Crippen molar-refractivity contribution in [1.82, 2.24) is 9.80 Å². The third-order valence-electron chi connectivity index (χ3n) is 9.44. The molecular formula is C34H54N2O10Si2. The maximum Gasteiger partial charge on any atom is 0.500 e. The SMILES string of the molecule is CCO[Si](CCCN1C(=O)CC(C2CC3C(=O)N(CCC[Si](OCC)(OCC)OCC)C(=O)C3c3ccccc32)C1=O)(OCC)OCC. The maximum absolute atomic E-state index is 13.9. The first-order valence-electron chi connectivity index (χ1n) is 17.8. The Hall–Kier alpha value is -2.31. The molecule has 4 amide bonds. The summed E-state index contributed by atoms with van der Waals surface area (Å²) < 4.78 is 35.8. The summed E-state index contributed by atoms with van der Waals surface area (Å²) in [6, 6.07) is 8.58. The van der Waals surface area contributed by atoms with Crippen molar-refractivity contribution >= 4 is 41.2 Å². The van der Waals surface area contributed by atoms with Gasteiger partial charge in [0.1, 0.15) is 0 Å². The first-order chi connectivity index (χ1) is 23.1. The number of likely N-dealkylation sites (tertiary alicyclic amines) is 2. The first-order valence-corrected chi connectivity index (χ1v) is 21.6. The molecule has 48 heavy (non-hydrogen) atoms. The van der Waals surface area contributed by atoms with E-state index in [1.807, 2.05) is 65.8 Å². The highest BCUT2D eigenvalue weighted by Crippen LogP contribution is 2.51. The van der Waals surface area contributed by atoms with Crippen molar-refractivity contribution in [2.75, 3.05) is 52.7 Å². The Kier molecular flexibility index (Phi) is 14.1. The van der Waals surface area contributed by atoms with Gasteiger partial charge in [-0.3, -0.25) is 29.0 Å². The summed E-state index contributed by atoms with van der Waals surface area (Å²) in [6.45, 7) is 14.6. The molecule has 12 nitrogen and oxygen atoms in total. The summed E-state index contributed by atoms with van der Waals surface area (Å²) >= 11 is 0. The van der Waals surface area contributed by atoms with Crippen LogP contribution in [-0.4, -0.2) is 104 Å². The van der Waals surface area contributed by atoms with Crippen LogP contribution in [0.15, 0.2) is 24.3 Å². The highest BCUT2D eigenvalue weighted by atomic mass is 28.4. The number of carbonyl (C=O) groups excluding carboxylic acids is 4. The third kappa shape index (κ3) is 8.18. The Balaban J connectivity index is 1.48. The average molecular weight is 707 g/mol. The van der Waals surface area contributed by atoms with Crippen LogP contribution in [-0.2, 0) is 45.7 Å². The molecule has 0 spiro atoms. The van der Waals surface area contributed by atoms with Crippen LogP contribution in [0.25, 0.3) is 0 Å². The molecule has 2 heterocycles. The molecule has 4 unspecified atom stereocenters. The van der Waals surface area contributed by atoms with Crippen molar-refractivity contribution in [1.29, 1.82) is 0 Å². The van der Waals surface area contributed by atoms with Gasteiger partial charge in [0, 0.05) is 71.2 Å². The number of benzene rings is 1. The van der Waals surface area contributed by atoms with Gasteiger partial charge in [-0.1, -0.05) is 24.3 Å². The second-order valence-corrected chi connectivity index (χ2v) is 17.7. The number of imide groups is 2. The van der Waals surface area contributed by atoms with E-state index in [0.29, 0.717) is 71.0 Å². The fourth-order valence-corrected chi connectivity index (χ4v) is 12.9. The Morgan fingerprint density at radius 2 is 1.02 bits per heavy atom. The molecule has 1 aromatic carbocycles. The Morgan fingerprint density at radius 1 is 0.583 bits per heavy atom. The van der Waals surface area contributed by atoms with E-state index in [9.17, 15) is 19.2 Å². The zero-order chi connectivity index (χ0) is 34.9. The molecule has 2 fully saturated rings. The minimum Gasteiger partial charge on any atom is -0.374 e. The second kappa shape index (κ2) is 17.6. The van der Waals surface area contributed by atoms with Gasteiger partial charge in [0.25, 0.3) is 0 Å². The standard InChI is InChI=1S/C34H54N2O10Si2/c1-7-41-47(42-8-2,43-9-3)21-15-19-35-30(37)24-28(32(35)38)27-23-29-31(26-18-14-13-17-25(26)27)34(40)36(33(29)39)20-16-22-48(44-10-4,45-11-5)46-12-6/h13-14,17-18,27-29,31H,7-12,15-16,19-24H2,1-6H3. The summed E-state index contributed by atoms with van der Waals surface area (Å²) in [5.41, 5.74) is 1.65. The van der Waals surface area contributed by atoms with Gasteiger partial charge in [0.05, 0.1) is 17.8 Å². The van der Waals surface area contributed by atoms with Crippen LogP contribution in [0, 0.1) is 11.8 Å². The number of nitrogens with zero attached hydrogens (tertiary/aromatic N) is 2. The van der Waals surface area contributed by atoms with Crippen LogP contribution < -0.4 is 0 Å². The Bertz CT molecular complexity index is 1250. The minimum atomic E-state index is -2.93. The molecule has 0 saturated carbocycles. The van der Waals surface area contributed by atoms with Crippen LogP contribution in [0.2, 0.25) is 12.1 Å². The van der Waals surface area contributed by atoms with Crippen LogP contribution in [0.3, 0.4) is 0 Å². The fourth-order valence-electron chi connectivity index (χ4n) is 7.68. The second-order valence-electron chi connectivity index (χ2n) is 12.2. The van der Waals surface area contributed by atoms with E-state index in [4.69, 9.17) is 26.6 Å². The van der Waals surface area contributed by atoms with E-state index >= 15 is 0 Å². The van der Waals surface area contributed by atoms with E-state index in [1.165, 1.54) is 9.80 Å². The van der Waals surface area contributed by atoms with Gasteiger partial charge in [-0.2, -0.15) is 0 Å². The van der Waals surface area contributed by atoms with Crippen molar-refractivity contribution < 1.29 is 45.7 Å². The molecule has 4 rings (SSSR count). The molecule has 0 bridgehead atoms. The van der Waals surface area contributed by atoms with Gasteiger partial charge in [-0.15, -0.1) is 0 Å². The van der Waals surface area contributed by atoms with Crippen LogP contribution in [0.4, 0.5) is 0 Å². The lowest BCUT2D eigenvalue weighted by molar-refractivity contribution is -0.141. The van der Waals surface area contributed by atoms with E-state index < -0.39 is 35.4 Å². The average Bonchev–Trinajstić information content (AvgIpc) is 3.47. The predicted octanol–water partition coefficient (Wildman–Crippen LogP) is 4.49. The molecule has 0 radical (unpaired) electrons. The van der Waals surface area contributed by atoms with Crippen molar-refractivity contribution in [3.05, 3.63) is 35.4 Å². The Labute approximate surface area is 287 Å². The van der Waals surface area contributed by atoms with Gasteiger partial charge in [0.15, 0.2) is 0 Å². The smallest absolute Gasteiger partial charge is 0.374 e. The summed E-state index contributed by atoms with van der Waals surface area (Å²) in [5.74, 6) is -3.02. The van der Waals surface area contributed by atoms with Gasteiger partial charge < -0.3 is 26.6 Å². The molecule has 0 aromatic heterocycles. The lowest BCUT2D eigenvalue weighted by Crippen LogP contribution is -2.46. The lowest BCUT2D eigenvalue weighted by Gasteiger charge is -2.34. The van der Waals surface area contributed by atoms with E-state index in [-0.39, 0.29) is 49.1 Å². The van der Waals surface area contributed by atoms with Crippen molar-refractivity contribution in [2.24, 2.45) is 11.8 Å². The topological polar surface area (TPSA) is 130 Å². The molecule has 268 valence electrons. The van der Waals surface area contributed by atoms with Gasteiger partial charge in [0.2, 0.25) is 23.6 Å². The van der Waals surface area contributed by atoms with Crippen LogP contribution in [0.1, 0.15) is 90.2 Å². The fraction of sp³-hybridized carbons (Fsp3) is 0.706. The van der Waals surface area contributed by atoms with Gasteiger partial charge >= 0.3 is 17.6 Å². The first kappa shape index (κ1) is 38.5. The number of hydrogen-bond acceptors (Lipinski definition) is 10. The summed E-state index contributed by atoms with van der Waals surface area (Å²) in [5, 5.41) is 0. The van der Waals surface area contributed by atoms with Crippen molar-refractivity contribution in [3.63, 3.8) is 0 Å². The largest absolute Gasteiger partial charge is 0.500 e. The highest BCUT2D eigenvalue weighted by Gasteiger charge is 2.55. The lowest BCUT2D eigenvalue weighted by atomic mass is 9.67. The molecule has 1 aliphatic carbocycles. The third-order valence-corrected chi connectivity index (χ3v) is 15.7. The molecule has 2 aliphatic heterocycles. The van der Waals surface area contributed by atoms with Crippen molar-refractivity contribution in [2.45, 2.75) is 91.1 Å². The van der Waals surface area contributed by atoms with Gasteiger partial charge in [-0.05, 0) is 77.8 Å². The molecular weight excluding hydrogens is 653 g/mol. The number of rotatable bonds is 21. The summed E-state index contributed by atoms with van der Waals surface area (Å²) in [7, 11) is -5.85. The minimum absolute atomic E-state index is 0.0744. The van der Waals surface area contributed by atoms with E-state index in [2.05, 4.69) is 0 Å². The molecule has 3 aliphatic rings. The van der Waals surface area contributed by atoms with Gasteiger partial charge in [-0.25, -0.2) is 0 Å². The molecule has 4 atom stereocenters. The molecule has 0 N–H and O–H groups in total. The maximum atomic E-state index is 13.9. The molecule has 2 saturated heterocycles. The quantitative estimate of drug-likeness (QED) is 0.133. The number of carbonyl (C=O) groups is 4. The molecule has 1 aromatic rings. The highest BCUT2D eigenvalue weighted by molar-refractivity contribution is 6.61. The van der Waals surface area contributed by atoms with E-state index in [1.54, 1.807) is 0 Å². The van der Waals surface area contributed by atoms with Crippen LogP contribution in [0.5, 0.6) is 0 Å². The number of amides is 4. The zero-order valence-corrected chi connectivity index (χ0v) is 31.5. The Morgan fingerprint density at radius 3 is 1.50 bits per heavy atom. The van der Waals surface area contributed by atoms with Crippen LogP contribution >= 0.6 is 0 Å². The molecule has 14 heteroatoms. The zero-order valence-electron chi connectivity index (χ0n) is 29.5. The normalized spacial score (nSPS) is 23.0. The monoisotopic (exact) mass is 706 g/mol. The van der Waals surface area contributed by atoms with E-state index in [0.717, 1.165) is 11.1 Å². The predicted molar refractivity (Wildman–Crippen MR) is 182 cm³/mol.